The molecule has 0 N–H and O–H groups in total. The summed E-state index contributed by atoms with van der Waals surface area (Å²) >= 11 is 0. The van der Waals surface area contributed by atoms with E-state index in [0.29, 0.717) is 0 Å². The van der Waals surface area contributed by atoms with Crippen LogP contribution in [0, 0.1) is 0 Å². The van der Waals surface area contributed by atoms with Gasteiger partial charge in [-0.25, -0.2) is 4.68 Å². The zero-order valence-corrected chi connectivity index (χ0v) is 14.6. The van der Waals surface area contributed by atoms with Crippen molar-refractivity contribution >= 4 is 5.78 Å². The van der Waals surface area contributed by atoms with Crippen LogP contribution in [0.3, 0.4) is 0 Å². The molecule has 0 bridgehead atoms. The first kappa shape index (κ1) is 18.4. The zero-order chi connectivity index (χ0) is 19.8. The van der Waals surface area contributed by atoms with Gasteiger partial charge in [-0.3, -0.25) is 9.59 Å². The number of hydrogen-bond donors (Lipinski definition) is 0. The van der Waals surface area contributed by atoms with Gasteiger partial charge < -0.3 is 19.1 Å². The number of hydrogen-bond acceptors (Lipinski definition) is 7. The highest BCUT2D eigenvalue weighted by molar-refractivity contribution is 6.03. The van der Waals surface area contributed by atoms with Crippen molar-refractivity contribution in [2.75, 3.05) is 21.2 Å². The van der Waals surface area contributed by atoms with E-state index in [0.717, 1.165) is 10.8 Å². The average Bonchev–Trinajstić information content (AvgIpc) is 2.93. The normalized spacial score (nSPS) is 14.4. The Morgan fingerprint density at radius 3 is 2.74 bits per heavy atom. The lowest BCUT2D eigenvalue weighted by Crippen LogP contribution is -2.26. The van der Waals surface area contributed by atoms with Crippen LogP contribution in [0.4, 0.5) is 8.78 Å². The number of fused-ring (bicyclic) bond motifs is 1. The number of nitrogens with zero attached hydrogens (tertiary/aromatic N) is 3. The van der Waals surface area contributed by atoms with E-state index in [-0.39, 0.29) is 22.9 Å². The van der Waals surface area contributed by atoms with E-state index in [9.17, 15) is 18.4 Å². The Kier molecular flexibility index (Phi) is 4.56. The van der Waals surface area contributed by atoms with E-state index in [2.05, 4.69) is 14.6 Å². The van der Waals surface area contributed by atoms with Gasteiger partial charge in [-0.15, -0.1) is 8.78 Å². The number of carbonyl (C=O) groups is 1. The minimum absolute atomic E-state index is 0.0496. The molecule has 1 aliphatic rings. The molecule has 10 heteroatoms. The summed E-state index contributed by atoms with van der Waals surface area (Å²) in [6.07, 6.45) is -0.0411. The highest BCUT2D eigenvalue weighted by atomic mass is 19.3. The quantitative estimate of drug-likeness (QED) is 0.579. The second-order valence-corrected chi connectivity index (χ2v) is 5.74. The molecule has 0 unspecified atom stereocenters. The summed E-state index contributed by atoms with van der Waals surface area (Å²) < 4.78 is 41.8. The molecule has 2 aromatic rings. The van der Waals surface area contributed by atoms with Gasteiger partial charge in [0, 0.05) is 26.4 Å². The summed E-state index contributed by atoms with van der Waals surface area (Å²) in [6.45, 7) is 0. The van der Waals surface area contributed by atoms with Crippen LogP contribution in [0.25, 0.3) is 5.69 Å². The van der Waals surface area contributed by atoms with Gasteiger partial charge in [-0.2, -0.15) is 5.10 Å². The number of para-hydroxylation sites is 1. The fourth-order valence-corrected chi connectivity index (χ4v) is 2.33. The predicted molar refractivity (Wildman–Crippen MR) is 89.7 cm³/mol. The van der Waals surface area contributed by atoms with Gasteiger partial charge in [0.1, 0.15) is 5.69 Å². The first-order chi connectivity index (χ1) is 12.7. The summed E-state index contributed by atoms with van der Waals surface area (Å²) in [5, 5.41) is 3.98. The molecule has 1 aromatic carbocycles. The molecule has 0 atom stereocenters. The lowest BCUT2D eigenvalue weighted by molar-refractivity contribution is -0.286. The maximum atomic E-state index is 13.4. The van der Waals surface area contributed by atoms with E-state index in [1.807, 2.05) is 0 Å². The Morgan fingerprint density at radius 2 is 2.07 bits per heavy atom. The number of alkyl halides is 2. The highest BCUT2D eigenvalue weighted by Crippen LogP contribution is 2.44. The van der Waals surface area contributed by atoms with E-state index < -0.39 is 23.2 Å². The van der Waals surface area contributed by atoms with Crippen LogP contribution in [0.1, 0.15) is 10.5 Å². The minimum Gasteiger partial charge on any atom is -0.491 e. The van der Waals surface area contributed by atoms with Crippen molar-refractivity contribution < 1.29 is 27.8 Å². The molecule has 1 aromatic heterocycles. The third-order valence-electron chi connectivity index (χ3n) is 3.52. The number of aromatic nitrogens is 2. The number of ether oxygens (including phenoxy) is 3. The molecule has 0 aliphatic carbocycles. The Morgan fingerprint density at radius 1 is 1.33 bits per heavy atom. The number of allylic oxidation sites excluding steroid dienone is 1. The monoisotopic (exact) mass is 379 g/mol. The largest absolute Gasteiger partial charge is 0.586 e. The molecule has 0 fully saturated rings. The Labute approximate surface area is 152 Å². The fraction of sp³-hybridized carbons (Fsp3) is 0.235. The van der Waals surface area contributed by atoms with Gasteiger partial charge in [-0.1, -0.05) is 6.07 Å². The minimum atomic E-state index is -3.82. The second-order valence-electron chi connectivity index (χ2n) is 5.74. The SMILES string of the molecule is COc1cn(-c2cccc3c2OC(F)(F)O3)nc(C(=O)C=CN(C)C)c1=O. The Balaban J connectivity index is 2.14. The standard InChI is InChI=1S/C17H15F2N3O5/c1-21(2)8-7-11(23)14-15(24)13(25-3)9-22(20-14)10-5-4-6-12-16(10)27-17(18,19)26-12/h4-9H,1-3H3. The molecule has 0 spiro atoms. The summed E-state index contributed by atoms with van der Waals surface area (Å²) in [6, 6.07) is 4.16. The number of carbonyl (C=O) groups excluding carboxylic acids is 1. The van der Waals surface area contributed by atoms with Crippen molar-refractivity contribution in [3.8, 4) is 22.9 Å². The molecule has 2 heterocycles. The summed E-state index contributed by atoms with van der Waals surface area (Å²) in [5.41, 5.74) is -1.11. The van der Waals surface area contributed by atoms with Crippen molar-refractivity contribution in [2.24, 2.45) is 0 Å². The van der Waals surface area contributed by atoms with Crippen molar-refractivity contribution in [1.29, 1.82) is 0 Å². The number of rotatable bonds is 5. The molecule has 0 saturated carbocycles. The maximum Gasteiger partial charge on any atom is 0.586 e. The van der Waals surface area contributed by atoms with Gasteiger partial charge in [0.15, 0.2) is 22.9 Å². The van der Waals surface area contributed by atoms with Crippen LogP contribution in [-0.4, -0.2) is 48.0 Å². The average molecular weight is 379 g/mol. The highest BCUT2D eigenvalue weighted by Gasteiger charge is 2.45. The van der Waals surface area contributed by atoms with Crippen LogP contribution in [0.2, 0.25) is 0 Å². The summed E-state index contributed by atoms with van der Waals surface area (Å²) in [4.78, 5) is 26.3. The van der Waals surface area contributed by atoms with E-state index in [1.54, 1.807) is 19.0 Å². The van der Waals surface area contributed by atoms with Crippen LogP contribution >= 0.6 is 0 Å². The Hall–Kier alpha value is -3.43. The number of methoxy groups -OCH3 is 1. The van der Waals surface area contributed by atoms with Crippen molar-refractivity contribution in [2.45, 2.75) is 6.29 Å². The van der Waals surface area contributed by atoms with Crippen molar-refractivity contribution in [3.63, 3.8) is 0 Å². The van der Waals surface area contributed by atoms with Crippen molar-refractivity contribution in [1.82, 2.24) is 14.7 Å². The van der Waals surface area contributed by atoms with Gasteiger partial charge >= 0.3 is 6.29 Å². The smallest absolute Gasteiger partial charge is 0.491 e. The molecule has 8 nitrogen and oxygen atoms in total. The van der Waals surface area contributed by atoms with Gasteiger partial charge in [0.2, 0.25) is 5.78 Å². The molecule has 3 rings (SSSR count). The number of halogens is 2. The van der Waals surface area contributed by atoms with Crippen LogP contribution in [-0.2, 0) is 0 Å². The molecular formula is C17H15F2N3O5. The first-order valence-electron chi connectivity index (χ1n) is 7.68. The van der Waals surface area contributed by atoms with E-state index in [4.69, 9.17) is 4.74 Å². The third-order valence-corrected chi connectivity index (χ3v) is 3.52. The lowest BCUT2D eigenvalue weighted by Gasteiger charge is -2.11. The maximum absolute atomic E-state index is 13.4. The molecule has 0 saturated heterocycles. The molecule has 0 radical (unpaired) electrons. The molecule has 0 amide bonds. The fourth-order valence-electron chi connectivity index (χ4n) is 2.33. The molecular weight excluding hydrogens is 364 g/mol. The number of ketones is 1. The third kappa shape index (κ3) is 3.59. The van der Waals surface area contributed by atoms with E-state index in [1.165, 1.54) is 37.7 Å². The first-order valence-corrected chi connectivity index (χ1v) is 7.68. The molecule has 1 aliphatic heterocycles. The van der Waals surface area contributed by atoms with Gasteiger partial charge in [0.25, 0.3) is 5.43 Å². The van der Waals surface area contributed by atoms with Crippen LogP contribution in [0.15, 0.2) is 41.5 Å². The van der Waals surface area contributed by atoms with E-state index >= 15 is 0 Å². The molecule has 142 valence electrons. The second kappa shape index (κ2) is 6.71. The van der Waals surface area contributed by atoms with Crippen LogP contribution < -0.4 is 19.6 Å². The lowest BCUT2D eigenvalue weighted by atomic mass is 10.2. The van der Waals surface area contributed by atoms with Crippen LogP contribution in [0.5, 0.6) is 17.2 Å². The molecule has 27 heavy (non-hydrogen) atoms. The Bertz CT molecular complexity index is 985. The predicted octanol–water partition coefficient (Wildman–Crippen LogP) is 1.82. The topological polar surface area (TPSA) is 82.9 Å². The summed E-state index contributed by atoms with van der Waals surface area (Å²) in [7, 11) is 4.64. The zero-order valence-electron chi connectivity index (χ0n) is 14.6. The number of benzene rings is 1. The summed E-state index contributed by atoms with van der Waals surface area (Å²) in [5.74, 6) is -1.33. The van der Waals surface area contributed by atoms with Crippen molar-refractivity contribution in [3.05, 3.63) is 52.6 Å². The van der Waals surface area contributed by atoms with Gasteiger partial charge in [0.05, 0.1) is 13.3 Å². The van der Waals surface area contributed by atoms with Gasteiger partial charge in [-0.05, 0) is 12.1 Å².